The molecule has 2 rings (SSSR count). The molecule has 1 saturated heterocycles. The molecule has 0 aromatic carbocycles. The molecule has 116 valence electrons. The first-order chi connectivity index (χ1) is 9.52. The SMILES string of the molecule is CC(C)C1CCCCC1N1CCNCC1C(=O)N(C)C. The van der Waals surface area contributed by atoms with Crippen molar-refractivity contribution in [1.29, 1.82) is 0 Å². The molecule has 3 atom stereocenters. The summed E-state index contributed by atoms with van der Waals surface area (Å²) in [5.41, 5.74) is 0. The fourth-order valence-corrected chi connectivity index (χ4v) is 3.97. The lowest BCUT2D eigenvalue weighted by molar-refractivity contribution is -0.137. The molecular formula is C16H31N3O. The first-order valence-electron chi connectivity index (χ1n) is 8.20. The predicted octanol–water partition coefficient (Wildman–Crippen LogP) is 1.56. The molecule has 0 aromatic heterocycles. The Bertz CT molecular complexity index is 330. The van der Waals surface area contributed by atoms with Gasteiger partial charge in [-0.25, -0.2) is 0 Å². The van der Waals surface area contributed by atoms with Gasteiger partial charge in [-0.1, -0.05) is 26.7 Å². The molecule has 20 heavy (non-hydrogen) atoms. The van der Waals surface area contributed by atoms with E-state index in [0.29, 0.717) is 12.0 Å². The number of carbonyl (C=O) groups is 1. The highest BCUT2D eigenvalue weighted by atomic mass is 16.2. The van der Waals surface area contributed by atoms with Crippen molar-refractivity contribution in [3.8, 4) is 0 Å². The van der Waals surface area contributed by atoms with Crippen molar-refractivity contribution >= 4 is 5.91 Å². The Morgan fingerprint density at radius 2 is 1.95 bits per heavy atom. The smallest absolute Gasteiger partial charge is 0.240 e. The van der Waals surface area contributed by atoms with E-state index in [4.69, 9.17) is 0 Å². The summed E-state index contributed by atoms with van der Waals surface area (Å²) >= 11 is 0. The van der Waals surface area contributed by atoms with E-state index in [1.807, 2.05) is 14.1 Å². The van der Waals surface area contributed by atoms with E-state index in [1.165, 1.54) is 25.7 Å². The molecule has 2 fully saturated rings. The summed E-state index contributed by atoms with van der Waals surface area (Å²) in [4.78, 5) is 16.7. The summed E-state index contributed by atoms with van der Waals surface area (Å²) in [5.74, 6) is 1.72. The van der Waals surface area contributed by atoms with Gasteiger partial charge in [-0.15, -0.1) is 0 Å². The molecule has 0 aromatic rings. The number of hydrogen-bond donors (Lipinski definition) is 1. The second kappa shape index (κ2) is 6.90. The maximum Gasteiger partial charge on any atom is 0.240 e. The van der Waals surface area contributed by atoms with Crippen molar-refractivity contribution in [2.24, 2.45) is 11.8 Å². The normalized spacial score (nSPS) is 32.4. The van der Waals surface area contributed by atoms with Gasteiger partial charge >= 0.3 is 0 Å². The molecule has 1 N–H and O–H groups in total. The summed E-state index contributed by atoms with van der Waals surface area (Å²) in [6, 6.07) is 0.628. The maximum atomic E-state index is 12.5. The number of hydrogen-bond acceptors (Lipinski definition) is 3. The average molecular weight is 281 g/mol. The molecule has 1 aliphatic heterocycles. The van der Waals surface area contributed by atoms with Crippen LogP contribution in [0.1, 0.15) is 39.5 Å². The van der Waals surface area contributed by atoms with Crippen LogP contribution >= 0.6 is 0 Å². The minimum absolute atomic E-state index is 0.0306. The molecule has 1 heterocycles. The van der Waals surface area contributed by atoms with Gasteiger partial charge in [0.2, 0.25) is 5.91 Å². The summed E-state index contributed by atoms with van der Waals surface area (Å²) < 4.78 is 0. The van der Waals surface area contributed by atoms with Crippen LogP contribution in [0.5, 0.6) is 0 Å². The quantitative estimate of drug-likeness (QED) is 0.853. The first kappa shape index (κ1) is 15.8. The fourth-order valence-electron chi connectivity index (χ4n) is 3.97. The van der Waals surface area contributed by atoms with Gasteiger partial charge in [-0.05, 0) is 24.7 Å². The van der Waals surface area contributed by atoms with Crippen LogP contribution in [0.25, 0.3) is 0 Å². The van der Waals surface area contributed by atoms with Gasteiger partial charge in [0.05, 0.1) is 0 Å². The minimum atomic E-state index is 0.0306. The third-order valence-electron chi connectivity index (χ3n) is 5.07. The Morgan fingerprint density at radius 1 is 1.25 bits per heavy atom. The van der Waals surface area contributed by atoms with Gasteiger partial charge in [0.15, 0.2) is 0 Å². The van der Waals surface area contributed by atoms with Gasteiger partial charge in [0.1, 0.15) is 6.04 Å². The highest BCUT2D eigenvalue weighted by Crippen LogP contribution is 2.34. The average Bonchev–Trinajstić information content (AvgIpc) is 2.46. The molecule has 0 radical (unpaired) electrons. The highest BCUT2D eigenvalue weighted by Gasteiger charge is 2.39. The Balaban J connectivity index is 2.15. The zero-order chi connectivity index (χ0) is 14.7. The number of piperazine rings is 1. The van der Waals surface area contributed by atoms with Crippen molar-refractivity contribution in [3.05, 3.63) is 0 Å². The predicted molar refractivity (Wildman–Crippen MR) is 82.6 cm³/mol. The topological polar surface area (TPSA) is 35.6 Å². The van der Waals surface area contributed by atoms with Crippen LogP contribution < -0.4 is 5.32 Å². The lowest BCUT2D eigenvalue weighted by atomic mass is 9.76. The van der Waals surface area contributed by atoms with E-state index in [-0.39, 0.29) is 11.9 Å². The number of nitrogens with one attached hydrogen (secondary N) is 1. The van der Waals surface area contributed by atoms with Crippen LogP contribution in [0.15, 0.2) is 0 Å². The van der Waals surface area contributed by atoms with Crippen molar-refractivity contribution in [2.45, 2.75) is 51.6 Å². The van der Waals surface area contributed by atoms with Gasteiger partial charge in [0.25, 0.3) is 0 Å². The van der Waals surface area contributed by atoms with Crippen molar-refractivity contribution < 1.29 is 4.79 Å². The van der Waals surface area contributed by atoms with Crippen LogP contribution in [0.3, 0.4) is 0 Å². The van der Waals surface area contributed by atoms with E-state index in [2.05, 4.69) is 24.1 Å². The van der Waals surface area contributed by atoms with Crippen molar-refractivity contribution in [3.63, 3.8) is 0 Å². The van der Waals surface area contributed by atoms with E-state index in [0.717, 1.165) is 25.6 Å². The van der Waals surface area contributed by atoms with Crippen LogP contribution in [0.4, 0.5) is 0 Å². The largest absolute Gasteiger partial charge is 0.347 e. The zero-order valence-corrected chi connectivity index (χ0v) is 13.6. The molecule has 3 unspecified atom stereocenters. The third-order valence-corrected chi connectivity index (χ3v) is 5.07. The Hall–Kier alpha value is -0.610. The Morgan fingerprint density at radius 3 is 2.60 bits per heavy atom. The monoisotopic (exact) mass is 281 g/mol. The Labute approximate surface area is 123 Å². The summed E-state index contributed by atoms with van der Waals surface area (Å²) in [6.45, 7) is 7.51. The molecule has 4 heteroatoms. The second-order valence-corrected chi connectivity index (χ2v) is 6.95. The van der Waals surface area contributed by atoms with Gasteiger partial charge < -0.3 is 10.2 Å². The van der Waals surface area contributed by atoms with Crippen LogP contribution in [-0.4, -0.2) is 61.5 Å². The zero-order valence-electron chi connectivity index (χ0n) is 13.6. The van der Waals surface area contributed by atoms with Gasteiger partial charge in [-0.3, -0.25) is 9.69 Å². The molecule has 1 amide bonds. The second-order valence-electron chi connectivity index (χ2n) is 6.95. The lowest BCUT2D eigenvalue weighted by Gasteiger charge is -2.47. The van der Waals surface area contributed by atoms with E-state index >= 15 is 0 Å². The summed E-state index contributed by atoms with van der Waals surface area (Å²) in [7, 11) is 3.74. The molecule has 0 spiro atoms. The van der Waals surface area contributed by atoms with Crippen LogP contribution in [-0.2, 0) is 4.79 Å². The molecule has 2 aliphatic rings. The van der Waals surface area contributed by atoms with Crippen molar-refractivity contribution in [1.82, 2.24) is 15.1 Å². The molecule has 1 aliphatic carbocycles. The summed E-state index contributed by atoms with van der Waals surface area (Å²) in [6.07, 6.45) is 5.27. The number of likely N-dealkylation sites (N-methyl/N-ethyl adjacent to an activating group) is 1. The molecule has 0 bridgehead atoms. The number of carbonyl (C=O) groups excluding carboxylic acids is 1. The fraction of sp³-hybridized carbons (Fsp3) is 0.938. The Kier molecular flexibility index (Phi) is 5.44. The van der Waals surface area contributed by atoms with E-state index in [9.17, 15) is 4.79 Å². The third kappa shape index (κ3) is 3.34. The number of nitrogens with zero attached hydrogens (tertiary/aromatic N) is 2. The van der Waals surface area contributed by atoms with E-state index in [1.54, 1.807) is 4.90 Å². The number of rotatable bonds is 3. The minimum Gasteiger partial charge on any atom is -0.347 e. The van der Waals surface area contributed by atoms with Gasteiger partial charge in [-0.2, -0.15) is 0 Å². The van der Waals surface area contributed by atoms with Crippen LogP contribution in [0.2, 0.25) is 0 Å². The lowest BCUT2D eigenvalue weighted by Crippen LogP contribution is -2.62. The van der Waals surface area contributed by atoms with E-state index < -0.39 is 0 Å². The standard InChI is InChI=1S/C16H31N3O/c1-12(2)13-7-5-6-8-14(13)19-10-9-17-11-15(19)16(20)18(3)4/h12-15,17H,5-11H2,1-4H3. The summed E-state index contributed by atoms with van der Waals surface area (Å²) in [5, 5.41) is 3.39. The highest BCUT2D eigenvalue weighted by molar-refractivity contribution is 5.81. The number of amides is 1. The molecule has 1 saturated carbocycles. The molecular weight excluding hydrogens is 250 g/mol. The van der Waals surface area contributed by atoms with Gasteiger partial charge in [0, 0.05) is 39.8 Å². The van der Waals surface area contributed by atoms with Crippen LogP contribution in [0, 0.1) is 11.8 Å². The first-order valence-corrected chi connectivity index (χ1v) is 8.20. The molecule has 4 nitrogen and oxygen atoms in total. The van der Waals surface area contributed by atoms with Crippen molar-refractivity contribution in [2.75, 3.05) is 33.7 Å². The maximum absolute atomic E-state index is 12.5.